The lowest BCUT2D eigenvalue weighted by Gasteiger charge is -2.26. The van der Waals surface area contributed by atoms with Gasteiger partial charge in [0.15, 0.2) is 0 Å². The molecule has 1 aliphatic heterocycles. The number of ether oxygens (including phenoxy) is 1. The Morgan fingerprint density at radius 1 is 1.86 bits per heavy atom. The lowest BCUT2D eigenvalue weighted by Crippen LogP contribution is -2.49. The molecule has 2 atom stereocenters. The van der Waals surface area contributed by atoms with E-state index in [1.165, 1.54) is 14.0 Å². The number of esters is 1. The smallest absolute Gasteiger partial charge is 0.356 e. The molecule has 0 fully saturated rings. The fourth-order valence-corrected chi connectivity index (χ4v) is 1.38. The summed E-state index contributed by atoms with van der Waals surface area (Å²) in [6, 6.07) is 0. The van der Waals surface area contributed by atoms with E-state index in [4.69, 9.17) is 4.84 Å². The van der Waals surface area contributed by atoms with Gasteiger partial charge in [0.25, 0.3) is 5.60 Å². The van der Waals surface area contributed by atoms with Crippen molar-refractivity contribution in [1.29, 1.82) is 0 Å². The quantitative estimate of drug-likeness (QED) is 0.674. The highest BCUT2D eigenvalue weighted by molar-refractivity contribution is 5.93. The van der Waals surface area contributed by atoms with Gasteiger partial charge < -0.3 is 14.7 Å². The Bertz CT molecular complexity index is 262. The standard InChI is InChI=1S/C9H15NO4/c1-4-7-5-9(6(2)11,14-10-7)8(12)13-3/h6,11H,4-5H2,1-3H3. The Morgan fingerprint density at radius 3 is 2.86 bits per heavy atom. The van der Waals surface area contributed by atoms with Gasteiger partial charge in [-0.25, -0.2) is 4.79 Å². The first kappa shape index (κ1) is 11.0. The number of methoxy groups -OCH3 is 1. The minimum atomic E-state index is -1.33. The van der Waals surface area contributed by atoms with Crippen molar-refractivity contribution < 1.29 is 19.5 Å². The van der Waals surface area contributed by atoms with E-state index in [9.17, 15) is 9.90 Å². The molecule has 0 aromatic heterocycles. The summed E-state index contributed by atoms with van der Waals surface area (Å²) >= 11 is 0. The zero-order valence-electron chi connectivity index (χ0n) is 8.61. The van der Waals surface area contributed by atoms with Crippen LogP contribution in [0.3, 0.4) is 0 Å². The SMILES string of the molecule is CCC1=NOC(C(=O)OC)(C(C)O)C1. The summed E-state index contributed by atoms with van der Waals surface area (Å²) in [4.78, 5) is 16.5. The number of hydrogen-bond acceptors (Lipinski definition) is 5. The van der Waals surface area contributed by atoms with Gasteiger partial charge in [0, 0.05) is 6.42 Å². The molecule has 0 bridgehead atoms. The third kappa shape index (κ3) is 1.59. The second-order valence-electron chi connectivity index (χ2n) is 3.34. The largest absolute Gasteiger partial charge is 0.466 e. The second kappa shape index (κ2) is 3.96. The van der Waals surface area contributed by atoms with Crippen molar-refractivity contribution >= 4 is 11.7 Å². The van der Waals surface area contributed by atoms with Gasteiger partial charge in [-0.2, -0.15) is 0 Å². The second-order valence-corrected chi connectivity index (χ2v) is 3.34. The number of aliphatic hydroxyl groups excluding tert-OH is 1. The van der Waals surface area contributed by atoms with Crippen molar-refractivity contribution in [3.8, 4) is 0 Å². The van der Waals surface area contributed by atoms with Gasteiger partial charge in [0.2, 0.25) is 0 Å². The van der Waals surface area contributed by atoms with Gasteiger partial charge in [0.1, 0.15) is 6.10 Å². The average Bonchev–Trinajstić information content (AvgIpc) is 2.61. The number of carbonyl (C=O) groups excluding carboxylic acids is 1. The molecular weight excluding hydrogens is 186 g/mol. The molecule has 0 spiro atoms. The molecule has 1 heterocycles. The van der Waals surface area contributed by atoms with E-state index in [-0.39, 0.29) is 0 Å². The van der Waals surface area contributed by atoms with E-state index < -0.39 is 17.7 Å². The minimum Gasteiger partial charge on any atom is -0.466 e. The van der Waals surface area contributed by atoms with E-state index in [0.717, 1.165) is 5.71 Å². The first-order chi connectivity index (χ1) is 6.56. The summed E-state index contributed by atoms with van der Waals surface area (Å²) in [6.07, 6.45) is 0.0574. The van der Waals surface area contributed by atoms with Crippen LogP contribution in [0.2, 0.25) is 0 Å². The van der Waals surface area contributed by atoms with Crippen molar-refractivity contribution in [2.75, 3.05) is 7.11 Å². The molecule has 14 heavy (non-hydrogen) atoms. The predicted octanol–water partition coefficient (Wildman–Crippen LogP) is 0.465. The monoisotopic (exact) mass is 201 g/mol. The van der Waals surface area contributed by atoms with Crippen molar-refractivity contribution in [3.63, 3.8) is 0 Å². The molecule has 5 nitrogen and oxygen atoms in total. The number of carbonyl (C=O) groups is 1. The summed E-state index contributed by atoms with van der Waals surface area (Å²) in [6.45, 7) is 3.41. The summed E-state index contributed by atoms with van der Waals surface area (Å²) in [5, 5.41) is 13.3. The zero-order valence-corrected chi connectivity index (χ0v) is 8.61. The Hall–Kier alpha value is -1.10. The Labute approximate surface area is 82.7 Å². The van der Waals surface area contributed by atoms with Crippen molar-refractivity contribution in [1.82, 2.24) is 0 Å². The molecule has 0 aromatic carbocycles. The zero-order chi connectivity index (χ0) is 10.8. The van der Waals surface area contributed by atoms with Crippen molar-refractivity contribution in [3.05, 3.63) is 0 Å². The lowest BCUT2D eigenvalue weighted by molar-refractivity contribution is -0.179. The fraction of sp³-hybridized carbons (Fsp3) is 0.778. The van der Waals surface area contributed by atoms with Gasteiger partial charge in [-0.15, -0.1) is 0 Å². The van der Waals surface area contributed by atoms with E-state index in [1.807, 2.05) is 6.92 Å². The highest BCUT2D eigenvalue weighted by atomic mass is 16.7. The highest BCUT2D eigenvalue weighted by Gasteiger charge is 2.51. The Kier molecular flexibility index (Phi) is 3.10. The van der Waals surface area contributed by atoms with Crippen LogP contribution < -0.4 is 0 Å². The van der Waals surface area contributed by atoms with Crippen LogP contribution in [-0.2, 0) is 14.4 Å². The first-order valence-corrected chi connectivity index (χ1v) is 4.57. The number of nitrogens with zero attached hydrogens (tertiary/aromatic N) is 1. The fourth-order valence-electron chi connectivity index (χ4n) is 1.38. The minimum absolute atomic E-state index is 0.299. The van der Waals surface area contributed by atoms with Crippen LogP contribution >= 0.6 is 0 Å². The van der Waals surface area contributed by atoms with E-state index >= 15 is 0 Å². The van der Waals surface area contributed by atoms with Gasteiger partial charge in [-0.05, 0) is 13.3 Å². The molecule has 0 saturated carbocycles. The summed E-state index contributed by atoms with van der Waals surface area (Å²) in [5.74, 6) is -0.584. The van der Waals surface area contributed by atoms with Crippen LogP contribution in [0.5, 0.6) is 0 Å². The third-order valence-electron chi connectivity index (χ3n) is 2.42. The number of aliphatic hydroxyl groups is 1. The van der Waals surface area contributed by atoms with Crippen LogP contribution in [0.15, 0.2) is 5.16 Å². The molecule has 1 N–H and O–H groups in total. The summed E-state index contributed by atoms with van der Waals surface area (Å²) in [7, 11) is 1.26. The lowest BCUT2D eigenvalue weighted by atomic mass is 9.91. The van der Waals surface area contributed by atoms with Gasteiger partial charge in [0.05, 0.1) is 12.8 Å². The molecule has 0 aromatic rings. The van der Waals surface area contributed by atoms with Crippen LogP contribution in [0.1, 0.15) is 26.7 Å². The Balaban J connectivity index is 2.84. The van der Waals surface area contributed by atoms with Gasteiger partial charge in [-0.1, -0.05) is 12.1 Å². The van der Waals surface area contributed by atoms with Crippen LogP contribution in [0, 0.1) is 0 Å². The summed E-state index contributed by atoms with van der Waals surface area (Å²) in [5.41, 5.74) is -0.573. The topological polar surface area (TPSA) is 68.1 Å². The normalized spacial score (nSPS) is 27.9. The average molecular weight is 201 g/mol. The number of rotatable bonds is 3. The van der Waals surface area contributed by atoms with E-state index in [1.54, 1.807) is 0 Å². The molecule has 5 heteroatoms. The molecule has 2 unspecified atom stereocenters. The van der Waals surface area contributed by atoms with Gasteiger partial charge in [-0.3, -0.25) is 0 Å². The molecule has 0 amide bonds. The highest BCUT2D eigenvalue weighted by Crippen LogP contribution is 2.30. The van der Waals surface area contributed by atoms with Gasteiger partial charge >= 0.3 is 5.97 Å². The molecular formula is C9H15NO4. The number of hydrogen-bond donors (Lipinski definition) is 1. The van der Waals surface area contributed by atoms with Crippen LogP contribution in [0.25, 0.3) is 0 Å². The maximum absolute atomic E-state index is 11.5. The Morgan fingerprint density at radius 2 is 2.50 bits per heavy atom. The maximum atomic E-state index is 11.5. The third-order valence-corrected chi connectivity index (χ3v) is 2.42. The molecule has 1 aliphatic rings. The predicted molar refractivity (Wildman–Crippen MR) is 49.9 cm³/mol. The maximum Gasteiger partial charge on any atom is 0.356 e. The molecule has 80 valence electrons. The van der Waals surface area contributed by atoms with Crippen molar-refractivity contribution in [2.45, 2.75) is 38.4 Å². The molecule has 1 rings (SSSR count). The van der Waals surface area contributed by atoms with E-state index in [0.29, 0.717) is 12.8 Å². The summed E-state index contributed by atoms with van der Waals surface area (Å²) < 4.78 is 4.59. The number of oxime groups is 1. The van der Waals surface area contributed by atoms with E-state index in [2.05, 4.69) is 9.89 Å². The first-order valence-electron chi connectivity index (χ1n) is 4.57. The van der Waals surface area contributed by atoms with Crippen molar-refractivity contribution in [2.24, 2.45) is 5.16 Å². The molecule has 0 radical (unpaired) electrons. The van der Waals surface area contributed by atoms with Crippen LogP contribution in [-0.4, -0.2) is 35.6 Å². The molecule has 0 aliphatic carbocycles. The molecule has 0 saturated heterocycles. The van der Waals surface area contributed by atoms with Crippen LogP contribution in [0.4, 0.5) is 0 Å².